The van der Waals surface area contributed by atoms with Crippen LogP contribution in [0.4, 0.5) is 0 Å². The normalized spacial score (nSPS) is 12.3. The van der Waals surface area contributed by atoms with Crippen molar-refractivity contribution in [2.24, 2.45) is 7.05 Å². The van der Waals surface area contributed by atoms with Crippen LogP contribution in [0.5, 0.6) is 0 Å². The van der Waals surface area contributed by atoms with E-state index in [0.717, 1.165) is 49.3 Å². The number of para-hydroxylation sites is 1. The average Bonchev–Trinajstić information content (AvgIpc) is 2.75. The van der Waals surface area contributed by atoms with Crippen LogP contribution in [0, 0.1) is 0 Å². The van der Waals surface area contributed by atoms with Crippen LogP contribution in [0.1, 0.15) is 0 Å². The molecular formula is C25H15N2O2+. The summed E-state index contributed by atoms with van der Waals surface area (Å²) in [5, 5.41) is 9.18. The number of rotatable bonds is 0. The van der Waals surface area contributed by atoms with Crippen LogP contribution in [0.3, 0.4) is 0 Å². The molecule has 0 radical (unpaired) electrons. The fraction of sp³-hybridized carbons (Fsp3) is 0.0400. The van der Waals surface area contributed by atoms with Crippen molar-refractivity contribution in [1.29, 1.82) is 0 Å². The summed E-state index contributed by atoms with van der Waals surface area (Å²) in [5.74, 6) is 0. The minimum absolute atomic E-state index is 0.787. The smallest absolute Gasteiger partial charge is 0.212 e. The average molecular weight is 375 g/mol. The fourth-order valence-corrected chi connectivity index (χ4v) is 4.78. The SMILES string of the molecule is C[n+]1cc2oc3ccccc3c3c2c(c1)c1cccc2oc4cnccc4c3c21. The number of fused-ring (bicyclic) bond motifs is 6. The van der Waals surface area contributed by atoms with Crippen molar-refractivity contribution in [1.82, 2.24) is 4.98 Å². The molecule has 7 rings (SSSR count). The van der Waals surface area contributed by atoms with Crippen molar-refractivity contribution in [3.63, 3.8) is 0 Å². The van der Waals surface area contributed by atoms with E-state index in [2.05, 4.69) is 46.2 Å². The van der Waals surface area contributed by atoms with Gasteiger partial charge in [-0.05, 0) is 18.2 Å². The Morgan fingerprint density at radius 1 is 0.621 bits per heavy atom. The largest absolute Gasteiger partial charge is 0.454 e. The molecule has 3 aromatic carbocycles. The first-order valence-electron chi connectivity index (χ1n) is 9.61. The van der Waals surface area contributed by atoms with Gasteiger partial charge in [0, 0.05) is 43.9 Å². The predicted octanol–water partition coefficient (Wildman–Crippen LogP) is 6.01. The van der Waals surface area contributed by atoms with E-state index in [0.29, 0.717) is 0 Å². The second kappa shape index (κ2) is 5.11. The molecule has 4 heteroatoms. The summed E-state index contributed by atoms with van der Waals surface area (Å²) in [6.07, 6.45) is 7.85. The molecule has 0 unspecified atom stereocenters. The monoisotopic (exact) mass is 375 g/mol. The number of nitrogens with zero attached hydrogens (tertiary/aromatic N) is 2. The molecule has 0 aliphatic heterocycles. The molecular weight excluding hydrogens is 360 g/mol. The first kappa shape index (κ1) is 15.1. The van der Waals surface area contributed by atoms with E-state index in [1.54, 1.807) is 6.20 Å². The zero-order valence-corrected chi connectivity index (χ0v) is 15.6. The van der Waals surface area contributed by atoms with Crippen molar-refractivity contribution in [2.75, 3.05) is 0 Å². The van der Waals surface area contributed by atoms with Crippen LogP contribution >= 0.6 is 0 Å². The van der Waals surface area contributed by atoms with Crippen molar-refractivity contribution < 1.29 is 13.4 Å². The van der Waals surface area contributed by atoms with Gasteiger partial charge in [0.1, 0.15) is 18.2 Å². The van der Waals surface area contributed by atoms with Gasteiger partial charge in [0.2, 0.25) is 6.20 Å². The van der Waals surface area contributed by atoms with Crippen LogP contribution in [0.2, 0.25) is 0 Å². The first-order chi connectivity index (χ1) is 14.3. The zero-order chi connectivity index (χ0) is 19.1. The van der Waals surface area contributed by atoms with E-state index < -0.39 is 0 Å². The second-order valence-corrected chi connectivity index (χ2v) is 7.58. The molecule has 0 aliphatic carbocycles. The van der Waals surface area contributed by atoms with Gasteiger partial charge < -0.3 is 8.83 Å². The lowest BCUT2D eigenvalue weighted by Crippen LogP contribution is -2.26. The van der Waals surface area contributed by atoms with Crippen LogP contribution in [0.15, 0.2) is 82.2 Å². The molecule has 7 aromatic rings. The quantitative estimate of drug-likeness (QED) is 0.185. The summed E-state index contributed by atoms with van der Waals surface area (Å²) < 4.78 is 14.7. The molecule has 29 heavy (non-hydrogen) atoms. The Hall–Kier alpha value is -3.92. The van der Waals surface area contributed by atoms with Gasteiger partial charge in [-0.25, -0.2) is 4.57 Å². The Balaban J connectivity index is 2.01. The van der Waals surface area contributed by atoms with E-state index >= 15 is 0 Å². The van der Waals surface area contributed by atoms with Gasteiger partial charge in [0.15, 0.2) is 17.4 Å². The van der Waals surface area contributed by atoms with Gasteiger partial charge in [0.25, 0.3) is 0 Å². The molecule has 0 bridgehead atoms. The van der Waals surface area contributed by atoms with Crippen molar-refractivity contribution in [3.8, 4) is 0 Å². The zero-order valence-electron chi connectivity index (χ0n) is 15.6. The highest BCUT2D eigenvalue weighted by molar-refractivity contribution is 6.39. The second-order valence-electron chi connectivity index (χ2n) is 7.58. The molecule has 4 heterocycles. The van der Waals surface area contributed by atoms with Gasteiger partial charge in [-0.15, -0.1) is 0 Å². The van der Waals surface area contributed by atoms with Crippen molar-refractivity contribution >= 4 is 65.4 Å². The van der Waals surface area contributed by atoms with Crippen LogP contribution in [0.25, 0.3) is 65.4 Å². The van der Waals surface area contributed by atoms with Gasteiger partial charge >= 0.3 is 0 Å². The molecule has 0 amide bonds. The molecule has 4 aromatic heterocycles. The first-order valence-corrected chi connectivity index (χ1v) is 9.61. The molecule has 0 saturated heterocycles. The highest BCUT2D eigenvalue weighted by Crippen LogP contribution is 2.45. The Bertz CT molecular complexity index is 1770. The molecule has 0 saturated carbocycles. The maximum absolute atomic E-state index is 6.35. The molecule has 0 atom stereocenters. The van der Waals surface area contributed by atoms with Gasteiger partial charge in [-0.3, -0.25) is 4.98 Å². The van der Waals surface area contributed by atoms with E-state index in [4.69, 9.17) is 8.83 Å². The Morgan fingerprint density at radius 3 is 2.28 bits per heavy atom. The van der Waals surface area contributed by atoms with E-state index in [-0.39, 0.29) is 0 Å². The molecule has 4 nitrogen and oxygen atoms in total. The molecule has 0 aliphatic rings. The summed E-state index contributed by atoms with van der Waals surface area (Å²) in [6.45, 7) is 0. The third kappa shape index (κ3) is 1.83. The van der Waals surface area contributed by atoms with E-state index in [1.807, 2.05) is 37.5 Å². The molecule has 136 valence electrons. The predicted molar refractivity (Wildman–Crippen MR) is 115 cm³/mol. The standard InChI is InChI=1S/C25H15N2O2/c1-27-12-17-14-6-4-8-19-22(14)25(16-9-10-26-11-20(16)29-19)24-15-5-2-3-7-18(15)28-21(13-27)23(17)24/h2-13H,1H3/q+1. The minimum Gasteiger partial charge on any atom is -0.454 e. The summed E-state index contributed by atoms with van der Waals surface area (Å²) in [4.78, 5) is 4.29. The summed E-state index contributed by atoms with van der Waals surface area (Å²) in [6, 6.07) is 16.6. The number of pyridine rings is 2. The van der Waals surface area contributed by atoms with Crippen molar-refractivity contribution in [2.45, 2.75) is 0 Å². The Kier molecular flexibility index (Phi) is 2.66. The van der Waals surface area contributed by atoms with Crippen LogP contribution in [-0.4, -0.2) is 4.98 Å². The lowest BCUT2D eigenvalue weighted by molar-refractivity contribution is -0.669. The number of hydrogen-bond acceptors (Lipinski definition) is 3. The lowest BCUT2D eigenvalue weighted by Gasteiger charge is -2.15. The number of aromatic nitrogens is 2. The maximum atomic E-state index is 6.35. The van der Waals surface area contributed by atoms with Gasteiger partial charge in [-0.1, -0.05) is 30.3 Å². The topological polar surface area (TPSA) is 43.0 Å². The van der Waals surface area contributed by atoms with Gasteiger partial charge in [0.05, 0.1) is 11.6 Å². The Labute approximate surface area is 164 Å². The third-order valence-electron chi connectivity index (χ3n) is 5.89. The van der Waals surface area contributed by atoms with Crippen LogP contribution in [-0.2, 0) is 7.05 Å². The Morgan fingerprint density at radius 2 is 1.34 bits per heavy atom. The van der Waals surface area contributed by atoms with Gasteiger partial charge in [-0.2, -0.15) is 0 Å². The number of benzene rings is 3. The molecule has 0 spiro atoms. The lowest BCUT2D eigenvalue weighted by atomic mass is 9.91. The maximum Gasteiger partial charge on any atom is 0.212 e. The number of hydrogen-bond donors (Lipinski definition) is 0. The van der Waals surface area contributed by atoms with E-state index in [9.17, 15) is 0 Å². The van der Waals surface area contributed by atoms with Crippen LogP contribution < -0.4 is 4.57 Å². The number of aryl methyl sites for hydroxylation is 1. The third-order valence-corrected chi connectivity index (χ3v) is 5.89. The van der Waals surface area contributed by atoms with Crippen molar-refractivity contribution in [3.05, 3.63) is 73.3 Å². The van der Waals surface area contributed by atoms with E-state index in [1.165, 1.54) is 16.2 Å². The molecule has 0 N–H and O–H groups in total. The summed E-state index contributed by atoms with van der Waals surface area (Å²) in [5.41, 5.74) is 3.41. The summed E-state index contributed by atoms with van der Waals surface area (Å²) >= 11 is 0. The highest BCUT2D eigenvalue weighted by atomic mass is 16.3. The summed E-state index contributed by atoms with van der Waals surface area (Å²) in [7, 11) is 2.03. The molecule has 0 fully saturated rings. The minimum atomic E-state index is 0.787. The fourth-order valence-electron chi connectivity index (χ4n) is 4.78. The highest BCUT2D eigenvalue weighted by Gasteiger charge is 2.22.